The average Bonchev–Trinajstić information content (AvgIpc) is 2.37. The zero-order chi connectivity index (χ0) is 12.1. The first-order chi connectivity index (χ1) is 8.33. The Labute approximate surface area is 101 Å². The lowest BCUT2D eigenvalue weighted by Crippen LogP contribution is -2.00. The van der Waals surface area contributed by atoms with Crippen LogP contribution in [0.15, 0.2) is 48.5 Å². The minimum atomic E-state index is 0.226. The molecule has 88 valence electrons. The van der Waals surface area contributed by atoms with Gasteiger partial charge in [0.25, 0.3) is 0 Å². The van der Waals surface area contributed by atoms with Crippen molar-refractivity contribution in [3.8, 4) is 16.9 Å². The zero-order valence-electron chi connectivity index (χ0n) is 9.72. The molecule has 2 rings (SSSR count). The molecular weight excluding hydrogens is 214 g/mol. The van der Waals surface area contributed by atoms with E-state index in [0.717, 1.165) is 22.6 Å². The number of hydrogen-bond donors (Lipinski definition) is 1. The summed E-state index contributed by atoms with van der Waals surface area (Å²) < 4.78 is 10.4. The van der Waals surface area contributed by atoms with Gasteiger partial charge in [0.05, 0.1) is 0 Å². The fourth-order valence-electron chi connectivity index (χ4n) is 1.68. The van der Waals surface area contributed by atoms with Gasteiger partial charge in [-0.05, 0) is 12.1 Å². The maximum atomic E-state index is 5.96. The highest BCUT2D eigenvalue weighted by Crippen LogP contribution is 2.33. The number of nitrogens with two attached hydrogens (primary N) is 1. The van der Waals surface area contributed by atoms with Crippen molar-refractivity contribution in [3.63, 3.8) is 0 Å². The minimum absolute atomic E-state index is 0.226. The van der Waals surface area contributed by atoms with Crippen LogP contribution in [0.25, 0.3) is 11.1 Å². The van der Waals surface area contributed by atoms with Gasteiger partial charge in [-0.3, -0.25) is 0 Å². The first-order valence-electron chi connectivity index (χ1n) is 5.38. The van der Waals surface area contributed by atoms with Crippen molar-refractivity contribution in [2.24, 2.45) is 0 Å². The van der Waals surface area contributed by atoms with E-state index in [2.05, 4.69) is 0 Å². The number of para-hydroxylation sites is 2. The van der Waals surface area contributed by atoms with E-state index in [0.29, 0.717) is 0 Å². The van der Waals surface area contributed by atoms with Crippen molar-refractivity contribution in [1.82, 2.24) is 0 Å². The van der Waals surface area contributed by atoms with Crippen LogP contribution >= 0.6 is 0 Å². The molecule has 0 amide bonds. The molecule has 0 atom stereocenters. The molecule has 0 aliphatic rings. The van der Waals surface area contributed by atoms with Gasteiger partial charge in [-0.25, -0.2) is 0 Å². The Morgan fingerprint density at radius 1 is 0.941 bits per heavy atom. The molecule has 0 aromatic heterocycles. The van der Waals surface area contributed by atoms with E-state index in [4.69, 9.17) is 15.2 Å². The molecule has 0 heterocycles. The van der Waals surface area contributed by atoms with Gasteiger partial charge >= 0.3 is 0 Å². The highest BCUT2D eigenvalue weighted by molar-refractivity contribution is 5.80. The highest BCUT2D eigenvalue weighted by atomic mass is 16.7. The average molecular weight is 229 g/mol. The summed E-state index contributed by atoms with van der Waals surface area (Å²) in [7, 11) is 1.60. The van der Waals surface area contributed by atoms with Crippen molar-refractivity contribution in [2.75, 3.05) is 19.6 Å². The third-order valence-corrected chi connectivity index (χ3v) is 2.47. The second-order valence-corrected chi connectivity index (χ2v) is 3.63. The molecule has 17 heavy (non-hydrogen) atoms. The predicted molar refractivity (Wildman–Crippen MR) is 68.8 cm³/mol. The molecule has 0 aliphatic heterocycles. The molecule has 3 nitrogen and oxygen atoms in total. The van der Waals surface area contributed by atoms with Crippen LogP contribution in [0.4, 0.5) is 5.69 Å². The molecule has 0 saturated heterocycles. The Bertz CT molecular complexity index is 497. The summed E-state index contributed by atoms with van der Waals surface area (Å²) in [5.41, 5.74) is 8.65. The van der Waals surface area contributed by atoms with Crippen molar-refractivity contribution < 1.29 is 9.47 Å². The number of hydrogen-bond acceptors (Lipinski definition) is 3. The first kappa shape index (κ1) is 11.5. The van der Waals surface area contributed by atoms with Crippen LogP contribution in [0.3, 0.4) is 0 Å². The van der Waals surface area contributed by atoms with Gasteiger partial charge in [0, 0.05) is 23.9 Å². The number of ether oxygens (including phenoxy) is 2. The fourth-order valence-corrected chi connectivity index (χ4v) is 1.68. The standard InChI is InChI=1S/C14H15NO2/c1-16-10-17-14-9-5-3-7-12(14)11-6-2-4-8-13(11)15/h2-9H,10,15H2,1H3. The third kappa shape index (κ3) is 2.57. The van der Waals surface area contributed by atoms with E-state index in [-0.39, 0.29) is 6.79 Å². The van der Waals surface area contributed by atoms with E-state index in [1.165, 1.54) is 0 Å². The fraction of sp³-hybridized carbons (Fsp3) is 0.143. The van der Waals surface area contributed by atoms with Crippen LogP contribution in [0, 0.1) is 0 Å². The van der Waals surface area contributed by atoms with Gasteiger partial charge in [0.1, 0.15) is 5.75 Å². The van der Waals surface area contributed by atoms with Crippen LogP contribution in [0.2, 0.25) is 0 Å². The maximum absolute atomic E-state index is 5.96. The summed E-state index contributed by atoms with van der Waals surface area (Å²) in [5.74, 6) is 0.771. The molecule has 0 aliphatic carbocycles. The lowest BCUT2D eigenvalue weighted by molar-refractivity contribution is 0.0515. The van der Waals surface area contributed by atoms with E-state index in [9.17, 15) is 0 Å². The minimum Gasteiger partial charge on any atom is -0.467 e. The van der Waals surface area contributed by atoms with Crippen LogP contribution in [-0.4, -0.2) is 13.9 Å². The number of nitrogen functional groups attached to an aromatic ring is 1. The molecular formula is C14H15NO2. The number of anilines is 1. The monoisotopic (exact) mass is 229 g/mol. The summed E-state index contributed by atoms with van der Waals surface area (Å²) in [5, 5.41) is 0. The molecule has 0 bridgehead atoms. The molecule has 2 N–H and O–H groups in total. The maximum Gasteiger partial charge on any atom is 0.188 e. The van der Waals surface area contributed by atoms with Crippen LogP contribution in [-0.2, 0) is 4.74 Å². The molecule has 2 aromatic carbocycles. The van der Waals surface area contributed by atoms with Gasteiger partial charge in [-0.2, -0.15) is 0 Å². The van der Waals surface area contributed by atoms with E-state index < -0.39 is 0 Å². The number of methoxy groups -OCH3 is 1. The largest absolute Gasteiger partial charge is 0.467 e. The Kier molecular flexibility index (Phi) is 3.62. The van der Waals surface area contributed by atoms with E-state index in [1.54, 1.807) is 7.11 Å². The summed E-state index contributed by atoms with van der Waals surface area (Å²) in [6.07, 6.45) is 0. The summed E-state index contributed by atoms with van der Waals surface area (Å²) in [6.45, 7) is 0.226. The third-order valence-electron chi connectivity index (χ3n) is 2.47. The van der Waals surface area contributed by atoms with Crippen LogP contribution < -0.4 is 10.5 Å². The zero-order valence-corrected chi connectivity index (χ0v) is 9.72. The Morgan fingerprint density at radius 3 is 2.29 bits per heavy atom. The van der Waals surface area contributed by atoms with Crippen molar-refractivity contribution >= 4 is 5.69 Å². The molecule has 0 saturated carbocycles. The second-order valence-electron chi connectivity index (χ2n) is 3.63. The molecule has 0 radical (unpaired) electrons. The van der Waals surface area contributed by atoms with E-state index in [1.807, 2.05) is 48.5 Å². The SMILES string of the molecule is COCOc1ccccc1-c1ccccc1N. The summed E-state index contributed by atoms with van der Waals surface area (Å²) in [4.78, 5) is 0. The predicted octanol–water partition coefficient (Wildman–Crippen LogP) is 2.92. The summed E-state index contributed by atoms with van der Waals surface area (Å²) >= 11 is 0. The lowest BCUT2D eigenvalue weighted by Gasteiger charge is -2.12. The molecule has 0 fully saturated rings. The molecule has 2 aromatic rings. The molecule has 3 heteroatoms. The summed E-state index contributed by atoms with van der Waals surface area (Å²) in [6, 6.07) is 15.5. The van der Waals surface area contributed by atoms with Gasteiger partial charge in [0.2, 0.25) is 0 Å². The number of rotatable bonds is 4. The van der Waals surface area contributed by atoms with Gasteiger partial charge in [-0.1, -0.05) is 36.4 Å². The molecule has 0 spiro atoms. The first-order valence-corrected chi connectivity index (χ1v) is 5.38. The van der Waals surface area contributed by atoms with Crippen LogP contribution in [0.5, 0.6) is 5.75 Å². The lowest BCUT2D eigenvalue weighted by atomic mass is 10.0. The topological polar surface area (TPSA) is 44.5 Å². The van der Waals surface area contributed by atoms with Crippen LogP contribution in [0.1, 0.15) is 0 Å². The van der Waals surface area contributed by atoms with Gasteiger partial charge in [0.15, 0.2) is 6.79 Å². The Balaban J connectivity index is 2.41. The molecule has 0 unspecified atom stereocenters. The highest BCUT2D eigenvalue weighted by Gasteiger charge is 2.07. The Hall–Kier alpha value is -2.00. The Morgan fingerprint density at radius 2 is 1.59 bits per heavy atom. The van der Waals surface area contributed by atoms with Crippen molar-refractivity contribution in [3.05, 3.63) is 48.5 Å². The van der Waals surface area contributed by atoms with Crippen molar-refractivity contribution in [1.29, 1.82) is 0 Å². The normalized spacial score (nSPS) is 10.2. The smallest absolute Gasteiger partial charge is 0.188 e. The quantitative estimate of drug-likeness (QED) is 0.647. The van der Waals surface area contributed by atoms with E-state index >= 15 is 0 Å². The van der Waals surface area contributed by atoms with Gasteiger partial charge < -0.3 is 15.2 Å². The number of benzene rings is 2. The van der Waals surface area contributed by atoms with Crippen molar-refractivity contribution in [2.45, 2.75) is 0 Å². The second kappa shape index (κ2) is 5.37. The van der Waals surface area contributed by atoms with Gasteiger partial charge in [-0.15, -0.1) is 0 Å².